The minimum atomic E-state index is -1.58. The van der Waals surface area contributed by atoms with Crippen LogP contribution in [0.25, 0.3) is 0 Å². The second-order valence-electron chi connectivity index (χ2n) is 3.31. The third kappa shape index (κ3) is 3.63. The van der Waals surface area contributed by atoms with Gasteiger partial charge in [0.25, 0.3) is 0 Å². The SMILES string of the molecule is C=CC(C)(CC)[SiH](OCC)OCC. The molecule has 0 saturated heterocycles. The smallest absolute Gasteiger partial charge is 0.331 e. The number of allylic oxidation sites excluding steroid dienone is 1. The van der Waals surface area contributed by atoms with Crippen molar-refractivity contribution in [2.24, 2.45) is 0 Å². The van der Waals surface area contributed by atoms with E-state index in [1.54, 1.807) is 0 Å². The van der Waals surface area contributed by atoms with Crippen LogP contribution in [0.3, 0.4) is 0 Å². The Morgan fingerprint density at radius 1 is 1.23 bits per heavy atom. The van der Waals surface area contributed by atoms with E-state index in [1.165, 1.54) is 0 Å². The number of hydrogen-bond acceptors (Lipinski definition) is 2. The lowest BCUT2D eigenvalue weighted by atomic mass is 10.1. The van der Waals surface area contributed by atoms with Gasteiger partial charge in [-0.2, -0.15) is 0 Å². The van der Waals surface area contributed by atoms with E-state index in [-0.39, 0.29) is 5.04 Å². The Kier molecular flexibility index (Phi) is 6.29. The standard InChI is InChI=1S/C10H22O2Si/c1-6-10(5,7-2)13(11-8-3)12-9-4/h6,13H,1,7-9H2,2-5H3. The molecule has 2 nitrogen and oxygen atoms in total. The zero-order valence-corrected chi connectivity index (χ0v) is 10.5. The predicted molar refractivity (Wildman–Crippen MR) is 59.3 cm³/mol. The highest BCUT2D eigenvalue weighted by Crippen LogP contribution is 2.35. The summed E-state index contributed by atoms with van der Waals surface area (Å²) in [6.45, 7) is 13.7. The van der Waals surface area contributed by atoms with Crippen molar-refractivity contribution < 1.29 is 8.85 Å². The van der Waals surface area contributed by atoms with Gasteiger partial charge in [0.1, 0.15) is 0 Å². The molecule has 0 N–H and O–H groups in total. The summed E-state index contributed by atoms with van der Waals surface area (Å²) in [4.78, 5) is 0. The molecular formula is C10H22O2Si. The van der Waals surface area contributed by atoms with Gasteiger partial charge in [0.05, 0.1) is 0 Å². The summed E-state index contributed by atoms with van der Waals surface area (Å²) in [5.74, 6) is 0. The molecule has 0 aliphatic carbocycles. The van der Waals surface area contributed by atoms with Crippen molar-refractivity contribution >= 4 is 9.28 Å². The lowest BCUT2D eigenvalue weighted by Crippen LogP contribution is -2.35. The van der Waals surface area contributed by atoms with Crippen LogP contribution in [0.2, 0.25) is 5.04 Å². The van der Waals surface area contributed by atoms with Crippen molar-refractivity contribution in [1.82, 2.24) is 0 Å². The Labute approximate surface area is 83.8 Å². The van der Waals surface area contributed by atoms with E-state index in [4.69, 9.17) is 8.85 Å². The van der Waals surface area contributed by atoms with Gasteiger partial charge in [-0.1, -0.05) is 19.9 Å². The maximum Gasteiger partial charge on any atom is 0.331 e. The van der Waals surface area contributed by atoms with Crippen LogP contribution in [0.4, 0.5) is 0 Å². The molecule has 13 heavy (non-hydrogen) atoms. The molecule has 1 atom stereocenters. The fraction of sp³-hybridized carbons (Fsp3) is 0.800. The molecule has 0 aliphatic heterocycles. The zero-order chi connectivity index (χ0) is 10.3. The lowest BCUT2D eigenvalue weighted by molar-refractivity contribution is 0.194. The van der Waals surface area contributed by atoms with Gasteiger partial charge in [-0.25, -0.2) is 0 Å². The van der Waals surface area contributed by atoms with Crippen molar-refractivity contribution in [1.29, 1.82) is 0 Å². The van der Waals surface area contributed by atoms with Crippen molar-refractivity contribution in [2.45, 2.75) is 39.2 Å². The number of rotatable bonds is 7. The normalized spacial score (nSPS) is 15.8. The van der Waals surface area contributed by atoms with Crippen LogP contribution < -0.4 is 0 Å². The molecule has 0 aromatic carbocycles. The van der Waals surface area contributed by atoms with E-state index in [9.17, 15) is 0 Å². The minimum absolute atomic E-state index is 0.0615. The van der Waals surface area contributed by atoms with Gasteiger partial charge in [-0.15, -0.1) is 6.58 Å². The maximum atomic E-state index is 5.67. The van der Waals surface area contributed by atoms with Crippen molar-refractivity contribution in [3.63, 3.8) is 0 Å². The van der Waals surface area contributed by atoms with Gasteiger partial charge in [0, 0.05) is 18.3 Å². The van der Waals surface area contributed by atoms with Crippen LogP contribution in [-0.2, 0) is 8.85 Å². The summed E-state index contributed by atoms with van der Waals surface area (Å²) < 4.78 is 11.3. The first-order valence-electron chi connectivity index (χ1n) is 5.01. The number of hydrogen-bond donors (Lipinski definition) is 0. The molecule has 0 rings (SSSR count). The third-order valence-corrected chi connectivity index (χ3v) is 5.40. The maximum absolute atomic E-state index is 5.67. The van der Waals surface area contributed by atoms with Gasteiger partial charge >= 0.3 is 9.28 Å². The molecule has 0 amide bonds. The lowest BCUT2D eigenvalue weighted by Gasteiger charge is -2.31. The first-order valence-corrected chi connectivity index (χ1v) is 6.53. The van der Waals surface area contributed by atoms with Crippen LogP contribution in [0.1, 0.15) is 34.1 Å². The molecule has 0 saturated carbocycles. The third-order valence-electron chi connectivity index (χ3n) is 2.40. The first kappa shape index (κ1) is 12.9. The van der Waals surface area contributed by atoms with Gasteiger partial charge in [0.15, 0.2) is 0 Å². The molecule has 1 unspecified atom stereocenters. The van der Waals surface area contributed by atoms with E-state index in [2.05, 4.69) is 20.4 Å². The summed E-state index contributed by atoms with van der Waals surface area (Å²) in [5.41, 5.74) is 0. The molecule has 78 valence electrons. The highest BCUT2D eigenvalue weighted by atomic mass is 28.3. The largest absolute Gasteiger partial charge is 0.396 e. The molecule has 0 radical (unpaired) electrons. The fourth-order valence-electron chi connectivity index (χ4n) is 1.14. The van der Waals surface area contributed by atoms with Crippen molar-refractivity contribution in [3.05, 3.63) is 12.7 Å². The summed E-state index contributed by atoms with van der Waals surface area (Å²) >= 11 is 0. The van der Waals surface area contributed by atoms with Crippen molar-refractivity contribution in [3.8, 4) is 0 Å². The zero-order valence-electron chi connectivity index (χ0n) is 9.30. The van der Waals surface area contributed by atoms with Gasteiger partial charge in [-0.3, -0.25) is 0 Å². The summed E-state index contributed by atoms with van der Waals surface area (Å²) in [5, 5.41) is 0.0615. The van der Waals surface area contributed by atoms with Crippen LogP contribution in [-0.4, -0.2) is 22.5 Å². The van der Waals surface area contributed by atoms with E-state index in [0.717, 1.165) is 19.6 Å². The molecule has 3 heteroatoms. The van der Waals surface area contributed by atoms with Crippen LogP contribution in [0, 0.1) is 0 Å². The average molecular weight is 202 g/mol. The van der Waals surface area contributed by atoms with Gasteiger partial charge in [0.2, 0.25) is 0 Å². The Hall–Kier alpha value is -0.123. The van der Waals surface area contributed by atoms with Gasteiger partial charge < -0.3 is 8.85 Å². The minimum Gasteiger partial charge on any atom is -0.396 e. The Bertz CT molecular complexity index is 144. The monoisotopic (exact) mass is 202 g/mol. The van der Waals surface area contributed by atoms with E-state index >= 15 is 0 Å². The van der Waals surface area contributed by atoms with E-state index in [0.29, 0.717) is 0 Å². The molecule has 0 aromatic heterocycles. The molecule has 0 spiro atoms. The van der Waals surface area contributed by atoms with E-state index in [1.807, 2.05) is 19.9 Å². The summed E-state index contributed by atoms with van der Waals surface area (Å²) in [7, 11) is -1.58. The highest BCUT2D eigenvalue weighted by Gasteiger charge is 2.33. The highest BCUT2D eigenvalue weighted by molar-refractivity contribution is 6.49. The second kappa shape index (κ2) is 6.35. The van der Waals surface area contributed by atoms with Gasteiger partial charge in [-0.05, 0) is 20.3 Å². The Morgan fingerprint density at radius 3 is 1.92 bits per heavy atom. The molecule has 0 fully saturated rings. The molecule has 0 bridgehead atoms. The molecule has 0 aliphatic rings. The first-order chi connectivity index (χ1) is 6.14. The Morgan fingerprint density at radius 2 is 1.69 bits per heavy atom. The molecule has 0 heterocycles. The predicted octanol–water partition coefficient (Wildman–Crippen LogP) is 2.64. The topological polar surface area (TPSA) is 18.5 Å². The fourth-order valence-corrected chi connectivity index (χ4v) is 3.13. The Balaban J connectivity index is 4.37. The quantitative estimate of drug-likeness (QED) is 0.467. The van der Waals surface area contributed by atoms with Crippen LogP contribution in [0.15, 0.2) is 12.7 Å². The molecular weight excluding hydrogens is 180 g/mol. The average Bonchev–Trinajstić information content (AvgIpc) is 2.16. The summed E-state index contributed by atoms with van der Waals surface area (Å²) in [6.07, 6.45) is 3.02. The van der Waals surface area contributed by atoms with Crippen LogP contribution in [0.5, 0.6) is 0 Å². The van der Waals surface area contributed by atoms with Crippen molar-refractivity contribution in [2.75, 3.05) is 13.2 Å². The van der Waals surface area contributed by atoms with E-state index < -0.39 is 9.28 Å². The second-order valence-corrected chi connectivity index (χ2v) is 5.96. The van der Waals surface area contributed by atoms with Crippen LogP contribution >= 0.6 is 0 Å². The summed E-state index contributed by atoms with van der Waals surface area (Å²) in [6, 6.07) is 0. The molecule has 0 aromatic rings.